The molecule has 0 aromatic heterocycles. The highest BCUT2D eigenvalue weighted by molar-refractivity contribution is 6.01. The summed E-state index contributed by atoms with van der Waals surface area (Å²) in [6, 6.07) is 17.7. The van der Waals surface area contributed by atoms with Crippen LogP contribution < -0.4 is 10.2 Å². The van der Waals surface area contributed by atoms with Crippen molar-refractivity contribution in [3.05, 3.63) is 71.8 Å². The summed E-state index contributed by atoms with van der Waals surface area (Å²) in [4.78, 5) is 26.4. The van der Waals surface area contributed by atoms with Crippen molar-refractivity contribution in [1.82, 2.24) is 5.32 Å². The number of benzene rings is 2. The van der Waals surface area contributed by atoms with Crippen LogP contribution in [0.5, 0.6) is 0 Å². The zero-order valence-electron chi connectivity index (χ0n) is 14.4. The third-order valence-electron chi connectivity index (χ3n) is 4.43. The number of para-hydroxylation sites is 1. The van der Waals surface area contributed by atoms with E-state index >= 15 is 0 Å². The van der Waals surface area contributed by atoms with Crippen LogP contribution in [0.1, 0.15) is 24.5 Å². The van der Waals surface area contributed by atoms with E-state index in [2.05, 4.69) is 5.32 Å². The molecule has 0 radical (unpaired) electrons. The second-order valence-corrected chi connectivity index (χ2v) is 6.03. The molecule has 128 valence electrons. The molecule has 4 nitrogen and oxygen atoms in total. The van der Waals surface area contributed by atoms with Crippen LogP contribution in [0.15, 0.2) is 60.7 Å². The van der Waals surface area contributed by atoms with Gasteiger partial charge in [0.1, 0.15) is 0 Å². The molecule has 1 heterocycles. The van der Waals surface area contributed by atoms with Gasteiger partial charge in [-0.05, 0) is 35.6 Å². The summed E-state index contributed by atoms with van der Waals surface area (Å²) in [5, 5.41) is 2.72. The molecule has 0 spiro atoms. The highest BCUT2D eigenvalue weighted by atomic mass is 16.2. The molecule has 0 atom stereocenters. The molecule has 25 heavy (non-hydrogen) atoms. The van der Waals surface area contributed by atoms with Crippen molar-refractivity contribution in [3.63, 3.8) is 0 Å². The van der Waals surface area contributed by atoms with Gasteiger partial charge in [0, 0.05) is 18.3 Å². The highest BCUT2D eigenvalue weighted by Gasteiger charge is 2.23. The van der Waals surface area contributed by atoms with E-state index in [1.54, 1.807) is 11.0 Å². The number of allylic oxidation sites excluding steroid dienone is 1. The van der Waals surface area contributed by atoms with Gasteiger partial charge in [-0.25, -0.2) is 0 Å². The first-order valence-corrected chi connectivity index (χ1v) is 8.61. The first kappa shape index (κ1) is 17.0. The Kier molecular flexibility index (Phi) is 5.29. The molecule has 0 fully saturated rings. The normalized spacial score (nSPS) is 13.5. The smallest absolute Gasteiger partial charge is 0.246 e. The van der Waals surface area contributed by atoms with E-state index < -0.39 is 0 Å². The molecule has 1 N–H and O–H groups in total. The van der Waals surface area contributed by atoms with Crippen LogP contribution >= 0.6 is 0 Å². The maximum absolute atomic E-state index is 12.4. The largest absolute Gasteiger partial charge is 0.343 e. The second kappa shape index (κ2) is 7.79. The Balaban J connectivity index is 1.61. The minimum atomic E-state index is -0.235. The third kappa shape index (κ3) is 3.97. The average Bonchev–Trinajstić information content (AvgIpc) is 3.09. The van der Waals surface area contributed by atoms with Crippen molar-refractivity contribution in [2.24, 2.45) is 0 Å². The number of hydrogen-bond donors (Lipinski definition) is 1. The molecule has 2 aromatic rings. The van der Waals surface area contributed by atoms with Crippen LogP contribution in [-0.2, 0) is 16.0 Å². The second-order valence-electron chi connectivity index (χ2n) is 6.03. The monoisotopic (exact) mass is 334 g/mol. The number of fused-ring (bicyclic) bond motifs is 1. The topological polar surface area (TPSA) is 49.4 Å². The molecule has 0 saturated carbocycles. The number of carbonyl (C=O) groups is 2. The van der Waals surface area contributed by atoms with Crippen molar-refractivity contribution in [2.75, 3.05) is 18.0 Å². The first-order chi connectivity index (χ1) is 12.2. The van der Waals surface area contributed by atoms with Gasteiger partial charge in [0.05, 0.1) is 6.54 Å². The Morgan fingerprint density at radius 3 is 2.56 bits per heavy atom. The molecular formula is C21H22N2O2. The lowest BCUT2D eigenvalue weighted by atomic mass is 10.0. The van der Waals surface area contributed by atoms with Crippen LogP contribution in [-0.4, -0.2) is 24.9 Å². The van der Waals surface area contributed by atoms with E-state index in [4.69, 9.17) is 0 Å². The number of rotatable bonds is 5. The minimum Gasteiger partial charge on any atom is -0.343 e. The van der Waals surface area contributed by atoms with Gasteiger partial charge in [0.25, 0.3) is 0 Å². The van der Waals surface area contributed by atoms with Gasteiger partial charge < -0.3 is 10.2 Å². The van der Waals surface area contributed by atoms with E-state index in [9.17, 15) is 9.59 Å². The predicted molar refractivity (Wildman–Crippen MR) is 100 cm³/mol. The third-order valence-corrected chi connectivity index (χ3v) is 4.43. The van der Waals surface area contributed by atoms with Crippen LogP contribution in [0.25, 0.3) is 5.57 Å². The summed E-state index contributed by atoms with van der Waals surface area (Å²) in [5.74, 6) is -0.314. The number of amides is 2. The number of nitrogens with one attached hydrogen (secondary N) is 1. The summed E-state index contributed by atoms with van der Waals surface area (Å²) in [6.45, 7) is 2.70. The van der Waals surface area contributed by atoms with E-state index in [0.29, 0.717) is 6.54 Å². The number of anilines is 1. The standard InChI is InChI=1S/C21H22N2O2/c1-2-16(17-8-4-3-5-9-17)14-20(24)22-15-21(25)23-13-12-18-10-6-7-11-19(18)23/h3-11,14H,2,12-13,15H2,1H3,(H,22,24)/b16-14+. The van der Waals surface area contributed by atoms with E-state index in [-0.39, 0.29) is 18.4 Å². The maximum Gasteiger partial charge on any atom is 0.246 e. The summed E-state index contributed by atoms with van der Waals surface area (Å²) < 4.78 is 0. The Hall–Kier alpha value is -2.88. The lowest BCUT2D eigenvalue weighted by Crippen LogP contribution is -2.39. The summed E-state index contributed by atoms with van der Waals surface area (Å²) in [7, 11) is 0. The lowest BCUT2D eigenvalue weighted by Gasteiger charge is -2.17. The summed E-state index contributed by atoms with van der Waals surface area (Å²) in [6.07, 6.45) is 3.20. The maximum atomic E-state index is 12.4. The zero-order chi connectivity index (χ0) is 17.6. The van der Waals surface area contributed by atoms with Crippen LogP contribution in [0.4, 0.5) is 5.69 Å². The van der Waals surface area contributed by atoms with Crippen molar-refractivity contribution in [2.45, 2.75) is 19.8 Å². The Bertz CT molecular complexity index is 797. The van der Waals surface area contributed by atoms with Crippen LogP contribution in [0.3, 0.4) is 0 Å². The Morgan fingerprint density at radius 1 is 1.08 bits per heavy atom. The zero-order valence-corrected chi connectivity index (χ0v) is 14.4. The summed E-state index contributed by atoms with van der Waals surface area (Å²) in [5.41, 5.74) is 4.12. The molecule has 2 amide bonds. The van der Waals surface area contributed by atoms with Crippen molar-refractivity contribution in [3.8, 4) is 0 Å². The van der Waals surface area contributed by atoms with Crippen LogP contribution in [0.2, 0.25) is 0 Å². The molecule has 0 aliphatic carbocycles. The van der Waals surface area contributed by atoms with Crippen molar-refractivity contribution < 1.29 is 9.59 Å². The van der Waals surface area contributed by atoms with Gasteiger partial charge in [-0.1, -0.05) is 55.5 Å². The average molecular weight is 334 g/mol. The van der Waals surface area contributed by atoms with Crippen molar-refractivity contribution in [1.29, 1.82) is 0 Å². The quantitative estimate of drug-likeness (QED) is 0.854. The molecule has 0 unspecified atom stereocenters. The first-order valence-electron chi connectivity index (χ1n) is 8.61. The molecule has 3 rings (SSSR count). The fraction of sp³-hybridized carbons (Fsp3) is 0.238. The Morgan fingerprint density at radius 2 is 1.80 bits per heavy atom. The van der Waals surface area contributed by atoms with Crippen LogP contribution in [0, 0.1) is 0 Å². The molecule has 1 aliphatic heterocycles. The Labute approximate surface area is 148 Å². The molecule has 0 bridgehead atoms. The fourth-order valence-electron chi connectivity index (χ4n) is 3.11. The lowest BCUT2D eigenvalue weighted by molar-refractivity contribution is -0.122. The summed E-state index contributed by atoms with van der Waals surface area (Å²) >= 11 is 0. The fourth-order valence-corrected chi connectivity index (χ4v) is 3.11. The van der Waals surface area contributed by atoms with Gasteiger partial charge in [-0.2, -0.15) is 0 Å². The van der Waals surface area contributed by atoms with Gasteiger partial charge in [-0.3, -0.25) is 9.59 Å². The van der Waals surface area contributed by atoms with Crippen molar-refractivity contribution >= 4 is 23.1 Å². The molecule has 1 aliphatic rings. The molecule has 0 saturated heterocycles. The van der Waals surface area contributed by atoms with E-state index in [0.717, 1.165) is 29.7 Å². The number of carbonyl (C=O) groups excluding carboxylic acids is 2. The van der Waals surface area contributed by atoms with Gasteiger partial charge in [0.2, 0.25) is 11.8 Å². The highest BCUT2D eigenvalue weighted by Crippen LogP contribution is 2.27. The SMILES string of the molecule is CC/C(=C\C(=O)NCC(=O)N1CCc2ccccc21)c1ccccc1. The minimum absolute atomic E-state index is 0.00938. The molecule has 4 heteroatoms. The van der Waals surface area contributed by atoms with Gasteiger partial charge in [-0.15, -0.1) is 0 Å². The number of nitrogens with zero attached hydrogens (tertiary/aromatic N) is 1. The number of hydrogen-bond acceptors (Lipinski definition) is 2. The van der Waals surface area contributed by atoms with Gasteiger partial charge >= 0.3 is 0 Å². The van der Waals surface area contributed by atoms with E-state index in [1.807, 2.05) is 61.5 Å². The predicted octanol–water partition coefficient (Wildman–Crippen LogP) is 3.19. The van der Waals surface area contributed by atoms with E-state index in [1.165, 1.54) is 5.56 Å². The molecule has 2 aromatic carbocycles. The van der Waals surface area contributed by atoms with Gasteiger partial charge in [0.15, 0.2) is 0 Å². The molecular weight excluding hydrogens is 312 g/mol.